The van der Waals surface area contributed by atoms with E-state index in [9.17, 15) is 19.2 Å². The van der Waals surface area contributed by atoms with Crippen LogP contribution in [0.3, 0.4) is 0 Å². The summed E-state index contributed by atoms with van der Waals surface area (Å²) < 4.78 is 0. The van der Waals surface area contributed by atoms with Crippen molar-refractivity contribution in [3.8, 4) is 0 Å². The molecule has 0 saturated carbocycles. The number of hydrogen-bond donors (Lipinski definition) is 1. The number of likely N-dealkylation sites (tertiary alicyclic amines) is 1. The first-order valence-electron chi connectivity index (χ1n) is 8.36. The first-order valence-corrected chi connectivity index (χ1v) is 9.56. The Hall–Kier alpha value is -2.32. The molecule has 0 bridgehead atoms. The van der Waals surface area contributed by atoms with Gasteiger partial charge >= 0.3 is 5.97 Å². The minimum atomic E-state index is -0.862. The molecule has 0 aliphatic carbocycles. The van der Waals surface area contributed by atoms with Gasteiger partial charge in [-0.2, -0.15) is 0 Å². The fourth-order valence-corrected chi connectivity index (χ4v) is 4.03. The molecule has 2 fully saturated rings. The van der Waals surface area contributed by atoms with Crippen molar-refractivity contribution in [3.63, 3.8) is 0 Å². The van der Waals surface area contributed by atoms with Crippen LogP contribution in [0.25, 0.3) is 6.08 Å². The molecule has 1 aromatic carbocycles. The maximum atomic E-state index is 12.5. The number of benzene rings is 1. The maximum absolute atomic E-state index is 12.5. The molecule has 0 atom stereocenters. The van der Waals surface area contributed by atoms with Crippen LogP contribution in [-0.2, 0) is 14.4 Å². The second-order valence-electron chi connectivity index (χ2n) is 6.32. The smallest absolute Gasteiger partial charge is 0.306 e. The van der Waals surface area contributed by atoms with Crippen molar-refractivity contribution >= 4 is 52.5 Å². The summed E-state index contributed by atoms with van der Waals surface area (Å²) in [5.41, 5.74) is 0.690. The molecule has 7 nitrogen and oxygen atoms in total. The van der Waals surface area contributed by atoms with E-state index in [1.807, 2.05) is 0 Å². The standard InChI is InChI=1S/C18H17ClN2O5S/c19-13-3-1-2-11(8-13)9-14-16(23)21(18(26)27-14)10-15(22)20-6-4-12(5-7-20)17(24)25/h1-3,8-9,12H,4-7,10H2,(H,24,25). The molecule has 2 aliphatic heterocycles. The lowest BCUT2D eigenvalue weighted by Crippen LogP contribution is -2.46. The van der Waals surface area contributed by atoms with Gasteiger partial charge in [0.25, 0.3) is 11.1 Å². The van der Waals surface area contributed by atoms with Gasteiger partial charge in [-0.15, -0.1) is 0 Å². The van der Waals surface area contributed by atoms with E-state index in [4.69, 9.17) is 16.7 Å². The van der Waals surface area contributed by atoms with E-state index in [2.05, 4.69) is 0 Å². The number of nitrogens with zero attached hydrogens (tertiary/aromatic N) is 2. The van der Waals surface area contributed by atoms with Gasteiger partial charge in [-0.1, -0.05) is 23.7 Å². The van der Waals surface area contributed by atoms with Crippen LogP contribution in [0.2, 0.25) is 5.02 Å². The number of aliphatic carboxylic acids is 1. The second-order valence-corrected chi connectivity index (χ2v) is 7.75. The highest BCUT2D eigenvalue weighted by atomic mass is 35.5. The molecule has 1 aromatic rings. The van der Waals surface area contributed by atoms with Crippen molar-refractivity contribution in [2.24, 2.45) is 5.92 Å². The number of imide groups is 1. The Kier molecular flexibility index (Phi) is 5.86. The fourth-order valence-electron chi connectivity index (χ4n) is 3.00. The van der Waals surface area contributed by atoms with Crippen LogP contribution in [0.1, 0.15) is 18.4 Å². The van der Waals surface area contributed by atoms with Gasteiger partial charge in [0.1, 0.15) is 6.54 Å². The fraction of sp³-hybridized carbons (Fsp3) is 0.333. The molecule has 2 heterocycles. The summed E-state index contributed by atoms with van der Waals surface area (Å²) in [6, 6.07) is 6.88. The number of thioether (sulfide) groups is 1. The first-order chi connectivity index (χ1) is 12.8. The highest BCUT2D eigenvalue weighted by molar-refractivity contribution is 8.18. The largest absolute Gasteiger partial charge is 0.481 e. The maximum Gasteiger partial charge on any atom is 0.306 e. The number of piperidine rings is 1. The van der Waals surface area contributed by atoms with Gasteiger partial charge in [0.05, 0.1) is 10.8 Å². The molecule has 0 aromatic heterocycles. The number of hydrogen-bond acceptors (Lipinski definition) is 5. The number of carboxylic acid groups (broad SMARTS) is 1. The second kappa shape index (κ2) is 8.14. The van der Waals surface area contributed by atoms with Gasteiger partial charge in [-0.3, -0.25) is 24.1 Å². The zero-order chi connectivity index (χ0) is 19.6. The van der Waals surface area contributed by atoms with E-state index in [1.165, 1.54) is 4.90 Å². The van der Waals surface area contributed by atoms with Crippen molar-refractivity contribution in [2.45, 2.75) is 12.8 Å². The van der Waals surface area contributed by atoms with E-state index in [0.29, 0.717) is 36.5 Å². The predicted octanol–water partition coefficient (Wildman–Crippen LogP) is 2.70. The molecule has 3 rings (SSSR count). The minimum absolute atomic E-state index is 0.236. The van der Waals surface area contributed by atoms with Crippen LogP contribution in [0.4, 0.5) is 4.79 Å². The molecule has 0 spiro atoms. The van der Waals surface area contributed by atoms with E-state index in [1.54, 1.807) is 30.3 Å². The van der Waals surface area contributed by atoms with Crippen molar-refractivity contribution < 1.29 is 24.3 Å². The van der Waals surface area contributed by atoms with Crippen molar-refractivity contribution in [3.05, 3.63) is 39.8 Å². The van der Waals surface area contributed by atoms with Gasteiger partial charge in [-0.05, 0) is 48.4 Å². The quantitative estimate of drug-likeness (QED) is 0.769. The number of rotatable bonds is 4. The number of amides is 3. The lowest BCUT2D eigenvalue weighted by atomic mass is 9.97. The average Bonchev–Trinajstić information content (AvgIpc) is 2.89. The zero-order valence-electron chi connectivity index (χ0n) is 14.3. The van der Waals surface area contributed by atoms with Crippen molar-refractivity contribution in [2.75, 3.05) is 19.6 Å². The van der Waals surface area contributed by atoms with E-state index in [-0.39, 0.29) is 17.4 Å². The van der Waals surface area contributed by atoms with Crippen LogP contribution >= 0.6 is 23.4 Å². The monoisotopic (exact) mass is 408 g/mol. The number of carbonyl (C=O) groups excluding carboxylic acids is 3. The Labute approximate surface area is 164 Å². The zero-order valence-corrected chi connectivity index (χ0v) is 15.8. The summed E-state index contributed by atoms with van der Waals surface area (Å²) in [5, 5.41) is 9.03. The Bertz CT molecular complexity index is 833. The third-order valence-corrected chi connectivity index (χ3v) is 5.65. The number of halogens is 1. The molecule has 142 valence electrons. The third-order valence-electron chi connectivity index (χ3n) is 4.51. The summed E-state index contributed by atoms with van der Waals surface area (Å²) in [4.78, 5) is 50.7. The van der Waals surface area contributed by atoms with Crippen LogP contribution in [0.15, 0.2) is 29.2 Å². The first kappa shape index (κ1) is 19.4. The number of carboxylic acids is 1. The SMILES string of the molecule is O=C(O)C1CCN(C(=O)CN2C(=O)SC(=Cc3cccc(Cl)c3)C2=O)CC1. The summed E-state index contributed by atoms with van der Waals surface area (Å²) in [7, 11) is 0. The Morgan fingerprint density at radius 2 is 1.96 bits per heavy atom. The molecule has 27 heavy (non-hydrogen) atoms. The topological polar surface area (TPSA) is 95.0 Å². The summed E-state index contributed by atoms with van der Waals surface area (Å²) in [6.45, 7) is 0.282. The highest BCUT2D eigenvalue weighted by Crippen LogP contribution is 2.32. The Morgan fingerprint density at radius 1 is 1.26 bits per heavy atom. The molecule has 0 unspecified atom stereocenters. The van der Waals surface area contributed by atoms with Gasteiger partial charge in [0.15, 0.2) is 0 Å². The van der Waals surface area contributed by atoms with Crippen molar-refractivity contribution in [1.82, 2.24) is 9.80 Å². The van der Waals surface area contributed by atoms with E-state index >= 15 is 0 Å². The molecule has 1 N–H and O–H groups in total. The summed E-state index contributed by atoms with van der Waals surface area (Å²) in [6.07, 6.45) is 2.31. The van der Waals surface area contributed by atoms with Crippen LogP contribution in [0.5, 0.6) is 0 Å². The van der Waals surface area contributed by atoms with Gasteiger partial charge in [0.2, 0.25) is 5.91 Å². The molecule has 2 saturated heterocycles. The lowest BCUT2D eigenvalue weighted by Gasteiger charge is -2.30. The molecular formula is C18H17ClN2O5S. The molecular weight excluding hydrogens is 392 g/mol. The van der Waals surface area contributed by atoms with Crippen LogP contribution in [0, 0.1) is 5.92 Å². The van der Waals surface area contributed by atoms with E-state index in [0.717, 1.165) is 16.7 Å². The third kappa shape index (κ3) is 4.51. The van der Waals surface area contributed by atoms with Crippen LogP contribution in [-0.4, -0.2) is 57.6 Å². The lowest BCUT2D eigenvalue weighted by molar-refractivity contribution is -0.146. The molecule has 2 aliphatic rings. The van der Waals surface area contributed by atoms with E-state index < -0.39 is 23.0 Å². The van der Waals surface area contributed by atoms with Gasteiger partial charge in [0, 0.05) is 18.1 Å². The predicted molar refractivity (Wildman–Crippen MR) is 101 cm³/mol. The molecule has 0 radical (unpaired) electrons. The minimum Gasteiger partial charge on any atom is -0.481 e. The Morgan fingerprint density at radius 3 is 2.59 bits per heavy atom. The summed E-state index contributed by atoms with van der Waals surface area (Å²) >= 11 is 6.71. The molecule has 9 heteroatoms. The van der Waals surface area contributed by atoms with Crippen LogP contribution < -0.4 is 0 Å². The highest BCUT2D eigenvalue weighted by Gasteiger charge is 2.37. The van der Waals surface area contributed by atoms with Gasteiger partial charge < -0.3 is 10.0 Å². The average molecular weight is 409 g/mol. The summed E-state index contributed by atoms with van der Waals surface area (Å²) in [5.74, 6) is -2.19. The Balaban J connectivity index is 1.64. The van der Waals surface area contributed by atoms with Gasteiger partial charge in [-0.25, -0.2) is 0 Å². The normalized spacial score (nSPS) is 19.8. The number of carbonyl (C=O) groups is 4. The molecule has 3 amide bonds. The van der Waals surface area contributed by atoms with Crippen molar-refractivity contribution in [1.29, 1.82) is 0 Å².